The van der Waals surface area contributed by atoms with E-state index in [1.807, 2.05) is 18.2 Å². The molecular weight excluding hydrogens is 625 g/mol. The van der Waals surface area contributed by atoms with Crippen molar-refractivity contribution in [1.29, 1.82) is 0 Å². The first-order valence-electron chi connectivity index (χ1n) is 17.2. The van der Waals surface area contributed by atoms with E-state index >= 15 is 0 Å². The SMILES string of the molecule is c1cnc2c(c1)ccc1oc(-c3ccc(-c4ccc(-n5c6ccccc6c6ccccc65)cc4)c(-n4c5ccccc5c5ccccc54)c3)nc12. The smallest absolute Gasteiger partial charge is 0.227 e. The third kappa shape index (κ3) is 4.15. The average Bonchev–Trinajstić information content (AvgIpc) is 3.89. The molecule has 0 bridgehead atoms. The minimum atomic E-state index is 0.568. The lowest BCUT2D eigenvalue weighted by Gasteiger charge is -2.16. The van der Waals surface area contributed by atoms with Crippen molar-refractivity contribution in [1.82, 2.24) is 19.1 Å². The number of oxazole rings is 1. The molecule has 0 N–H and O–H groups in total. The van der Waals surface area contributed by atoms with E-state index in [9.17, 15) is 0 Å². The van der Waals surface area contributed by atoms with Crippen LogP contribution < -0.4 is 0 Å². The Bertz CT molecular complexity index is 3040. The Morgan fingerprint density at radius 1 is 0.451 bits per heavy atom. The van der Waals surface area contributed by atoms with Gasteiger partial charge in [0.15, 0.2) is 5.58 Å². The fraction of sp³-hybridized carbons (Fsp3) is 0. The standard InChI is InChI=1S/C46H28N4O/c1-5-15-38-34(11-1)35-12-2-6-16-39(35)49(38)32-23-19-29(20-24-32)33-25-21-31(46-48-45-43(51-46)26-22-30-10-9-27-47-44(30)45)28-42(33)50-40-17-7-3-13-36(40)37-14-4-8-18-41(37)50/h1-28H. The number of para-hydroxylation sites is 4. The normalized spacial score (nSPS) is 11.9. The van der Waals surface area contributed by atoms with Crippen molar-refractivity contribution >= 4 is 65.6 Å². The van der Waals surface area contributed by atoms with Gasteiger partial charge in [0.2, 0.25) is 5.89 Å². The summed E-state index contributed by atoms with van der Waals surface area (Å²) in [5.74, 6) is 0.568. The molecule has 0 aliphatic rings. The van der Waals surface area contributed by atoms with E-state index in [4.69, 9.17) is 9.40 Å². The Balaban J connectivity index is 1.13. The van der Waals surface area contributed by atoms with Crippen LogP contribution in [-0.2, 0) is 0 Å². The molecule has 0 saturated heterocycles. The average molecular weight is 653 g/mol. The lowest BCUT2D eigenvalue weighted by atomic mass is 10.0. The molecule has 5 nitrogen and oxygen atoms in total. The van der Waals surface area contributed by atoms with Gasteiger partial charge in [0.05, 0.1) is 33.3 Å². The molecule has 238 valence electrons. The van der Waals surface area contributed by atoms with Crippen molar-refractivity contribution in [2.24, 2.45) is 0 Å². The van der Waals surface area contributed by atoms with Gasteiger partial charge in [-0.05, 0) is 72.3 Å². The van der Waals surface area contributed by atoms with Crippen LogP contribution in [0, 0.1) is 0 Å². The molecule has 0 atom stereocenters. The summed E-state index contributed by atoms with van der Waals surface area (Å²) in [4.78, 5) is 9.64. The van der Waals surface area contributed by atoms with Crippen LogP contribution in [0.5, 0.6) is 0 Å². The number of nitrogens with zero attached hydrogens (tertiary/aromatic N) is 4. The molecule has 0 aliphatic heterocycles. The first kappa shape index (κ1) is 27.9. The molecule has 0 spiro atoms. The number of aromatic nitrogens is 4. The van der Waals surface area contributed by atoms with Gasteiger partial charge < -0.3 is 13.6 Å². The van der Waals surface area contributed by atoms with Gasteiger partial charge in [0, 0.05) is 49.9 Å². The second kappa shape index (κ2) is 10.8. The molecule has 0 amide bonds. The second-order valence-electron chi connectivity index (χ2n) is 13.0. The van der Waals surface area contributed by atoms with Crippen LogP contribution in [0.3, 0.4) is 0 Å². The Hall–Kier alpha value is -6.98. The maximum atomic E-state index is 6.42. The van der Waals surface area contributed by atoms with Gasteiger partial charge in [-0.3, -0.25) is 4.98 Å². The number of benzene rings is 7. The third-order valence-corrected chi connectivity index (χ3v) is 10.2. The van der Waals surface area contributed by atoms with E-state index in [0.717, 1.165) is 61.1 Å². The topological polar surface area (TPSA) is 48.8 Å². The van der Waals surface area contributed by atoms with Crippen LogP contribution in [-0.4, -0.2) is 19.1 Å². The van der Waals surface area contributed by atoms with Crippen molar-refractivity contribution in [2.75, 3.05) is 0 Å². The lowest BCUT2D eigenvalue weighted by molar-refractivity contribution is 0.620. The van der Waals surface area contributed by atoms with Gasteiger partial charge in [-0.15, -0.1) is 0 Å². The van der Waals surface area contributed by atoms with Crippen molar-refractivity contribution in [3.8, 4) is 34.0 Å². The predicted molar refractivity (Wildman–Crippen MR) is 209 cm³/mol. The molecule has 0 unspecified atom stereocenters. The highest BCUT2D eigenvalue weighted by molar-refractivity contribution is 6.11. The zero-order valence-electron chi connectivity index (χ0n) is 27.4. The van der Waals surface area contributed by atoms with E-state index in [1.165, 1.54) is 32.6 Å². The molecule has 0 aliphatic carbocycles. The maximum absolute atomic E-state index is 6.42. The molecule has 7 aromatic carbocycles. The molecule has 11 aromatic rings. The quantitative estimate of drug-likeness (QED) is 0.190. The monoisotopic (exact) mass is 652 g/mol. The molecule has 0 saturated carbocycles. The summed E-state index contributed by atoms with van der Waals surface area (Å²) in [5.41, 5.74) is 12.3. The largest absolute Gasteiger partial charge is 0.436 e. The van der Waals surface area contributed by atoms with Crippen LogP contribution in [0.25, 0.3) is 99.6 Å². The molecule has 11 rings (SSSR count). The second-order valence-corrected chi connectivity index (χ2v) is 13.0. The van der Waals surface area contributed by atoms with Crippen molar-refractivity contribution in [2.45, 2.75) is 0 Å². The number of fused-ring (bicyclic) bond motifs is 9. The molecule has 5 heteroatoms. The van der Waals surface area contributed by atoms with Gasteiger partial charge in [-0.2, -0.15) is 0 Å². The van der Waals surface area contributed by atoms with Gasteiger partial charge in [-0.1, -0.05) is 97.1 Å². The van der Waals surface area contributed by atoms with Crippen molar-refractivity contribution in [3.05, 3.63) is 170 Å². The molecule has 51 heavy (non-hydrogen) atoms. The maximum Gasteiger partial charge on any atom is 0.227 e. The Morgan fingerprint density at radius 3 is 1.65 bits per heavy atom. The number of hydrogen-bond acceptors (Lipinski definition) is 3. The van der Waals surface area contributed by atoms with E-state index in [1.54, 1.807) is 6.20 Å². The summed E-state index contributed by atoms with van der Waals surface area (Å²) in [6.45, 7) is 0. The summed E-state index contributed by atoms with van der Waals surface area (Å²) in [6.07, 6.45) is 1.80. The molecular formula is C46H28N4O. The zero-order valence-corrected chi connectivity index (χ0v) is 27.4. The van der Waals surface area contributed by atoms with E-state index in [2.05, 4.69) is 160 Å². The van der Waals surface area contributed by atoms with E-state index in [0.29, 0.717) is 5.89 Å². The summed E-state index contributed by atoms with van der Waals surface area (Å²) in [7, 11) is 0. The highest BCUT2D eigenvalue weighted by Gasteiger charge is 2.19. The fourth-order valence-electron chi connectivity index (χ4n) is 7.92. The van der Waals surface area contributed by atoms with Crippen molar-refractivity contribution in [3.63, 3.8) is 0 Å². The Labute approximate surface area is 292 Å². The molecule has 0 fully saturated rings. The Kier molecular flexibility index (Phi) is 5.89. The summed E-state index contributed by atoms with van der Waals surface area (Å²) >= 11 is 0. The third-order valence-electron chi connectivity index (χ3n) is 10.2. The highest BCUT2D eigenvalue weighted by atomic mass is 16.3. The van der Waals surface area contributed by atoms with Gasteiger partial charge in [0.1, 0.15) is 5.52 Å². The van der Waals surface area contributed by atoms with Crippen molar-refractivity contribution < 1.29 is 4.42 Å². The van der Waals surface area contributed by atoms with Crippen LogP contribution in [0.1, 0.15) is 0 Å². The minimum Gasteiger partial charge on any atom is -0.436 e. The summed E-state index contributed by atoms with van der Waals surface area (Å²) in [6, 6.07) is 58.0. The lowest BCUT2D eigenvalue weighted by Crippen LogP contribution is -1.99. The Morgan fingerprint density at radius 2 is 1.02 bits per heavy atom. The van der Waals surface area contributed by atoms with Crippen LogP contribution >= 0.6 is 0 Å². The first-order valence-corrected chi connectivity index (χ1v) is 17.2. The fourth-order valence-corrected chi connectivity index (χ4v) is 7.92. The molecule has 4 aromatic heterocycles. The van der Waals surface area contributed by atoms with Gasteiger partial charge >= 0.3 is 0 Å². The van der Waals surface area contributed by atoms with Gasteiger partial charge in [-0.25, -0.2) is 4.98 Å². The number of rotatable bonds is 4. The molecule has 0 radical (unpaired) electrons. The van der Waals surface area contributed by atoms with Gasteiger partial charge in [0.25, 0.3) is 0 Å². The number of hydrogen-bond donors (Lipinski definition) is 0. The van der Waals surface area contributed by atoms with Crippen LogP contribution in [0.2, 0.25) is 0 Å². The first-order chi connectivity index (χ1) is 25.3. The molecule has 4 heterocycles. The van der Waals surface area contributed by atoms with E-state index in [-0.39, 0.29) is 0 Å². The summed E-state index contributed by atoms with van der Waals surface area (Å²) < 4.78 is 11.2. The summed E-state index contributed by atoms with van der Waals surface area (Å²) in [5, 5.41) is 5.97. The predicted octanol–water partition coefficient (Wildman–Crippen LogP) is 11.9. The van der Waals surface area contributed by atoms with E-state index < -0.39 is 0 Å². The number of pyridine rings is 1. The minimum absolute atomic E-state index is 0.568. The van der Waals surface area contributed by atoms with Crippen LogP contribution in [0.15, 0.2) is 174 Å². The zero-order chi connectivity index (χ0) is 33.5. The highest BCUT2D eigenvalue weighted by Crippen LogP contribution is 2.40. The van der Waals surface area contributed by atoms with Crippen LogP contribution in [0.4, 0.5) is 0 Å².